The number of nitrogens with zero attached hydrogens (tertiary/aromatic N) is 2. The van der Waals surface area contributed by atoms with E-state index < -0.39 is 0 Å². The molecule has 0 bridgehead atoms. The molecule has 1 amide bonds. The second kappa shape index (κ2) is 7.87. The summed E-state index contributed by atoms with van der Waals surface area (Å²) >= 11 is 12.1. The average Bonchev–Trinajstić information content (AvgIpc) is 2.98. The first-order valence-electron chi connectivity index (χ1n) is 8.58. The molecule has 1 saturated carbocycles. The lowest BCUT2D eigenvalue weighted by Gasteiger charge is -2.33. The maximum Gasteiger partial charge on any atom is 0.226 e. The van der Waals surface area contributed by atoms with Gasteiger partial charge in [0.1, 0.15) is 0 Å². The number of benzene rings is 1. The second-order valence-electron chi connectivity index (χ2n) is 6.68. The minimum atomic E-state index is 0.233. The van der Waals surface area contributed by atoms with Gasteiger partial charge in [-0.05, 0) is 56.5 Å². The van der Waals surface area contributed by atoms with Crippen LogP contribution in [-0.2, 0) is 11.3 Å². The number of carbonyl (C=O) groups excluding carboxylic acids is 1. The molecule has 23 heavy (non-hydrogen) atoms. The lowest BCUT2D eigenvalue weighted by atomic mass is 9.84. The molecule has 2 fully saturated rings. The lowest BCUT2D eigenvalue weighted by Crippen LogP contribution is -2.42. The minimum absolute atomic E-state index is 0.233. The molecular formula is C18H24Cl2N2O. The van der Waals surface area contributed by atoms with Gasteiger partial charge < -0.3 is 9.80 Å². The standard InChI is InChI=1S/C18H24Cl2N2O/c19-16-7-6-14(12-17(16)20)13-22(18(23)15-4-3-5-15)11-10-21-8-1-2-9-21/h6-7,12,15H,1-5,8-11,13H2. The number of likely N-dealkylation sites (tertiary alicyclic amines) is 1. The van der Waals surface area contributed by atoms with E-state index in [9.17, 15) is 4.79 Å². The Hall–Kier alpha value is -0.770. The van der Waals surface area contributed by atoms with Crippen LogP contribution in [0.5, 0.6) is 0 Å². The number of carbonyl (C=O) groups is 1. The highest BCUT2D eigenvalue weighted by atomic mass is 35.5. The van der Waals surface area contributed by atoms with E-state index >= 15 is 0 Å². The van der Waals surface area contributed by atoms with E-state index in [2.05, 4.69) is 4.90 Å². The fourth-order valence-electron chi connectivity index (χ4n) is 3.31. The van der Waals surface area contributed by atoms with Crippen LogP contribution in [0.25, 0.3) is 0 Å². The summed E-state index contributed by atoms with van der Waals surface area (Å²) in [6.07, 6.45) is 5.83. The molecule has 0 aromatic heterocycles. The summed E-state index contributed by atoms with van der Waals surface area (Å²) < 4.78 is 0. The molecule has 0 unspecified atom stereocenters. The van der Waals surface area contributed by atoms with Crippen molar-refractivity contribution in [2.45, 2.75) is 38.6 Å². The quantitative estimate of drug-likeness (QED) is 0.763. The molecule has 1 aromatic carbocycles. The van der Waals surface area contributed by atoms with Gasteiger partial charge in [-0.25, -0.2) is 0 Å². The van der Waals surface area contributed by atoms with Gasteiger partial charge in [-0.2, -0.15) is 0 Å². The van der Waals surface area contributed by atoms with Crippen LogP contribution in [-0.4, -0.2) is 41.9 Å². The van der Waals surface area contributed by atoms with Crippen LogP contribution < -0.4 is 0 Å². The van der Waals surface area contributed by atoms with Crippen LogP contribution in [0.2, 0.25) is 10.0 Å². The average molecular weight is 355 g/mol. The van der Waals surface area contributed by atoms with E-state index in [1.807, 2.05) is 23.1 Å². The fraction of sp³-hybridized carbons (Fsp3) is 0.611. The van der Waals surface area contributed by atoms with E-state index in [-0.39, 0.29) is 5.92 Å². The first-order chi connectivity index (χ1) is 11.1. The lowest BCUT2D eigenvalue weighted by molar-refractivity contribution is -0.139. The molecule has 126 valence electrons. The summed E-state index contributed by atoms with van der Waals surface area (Å²) in [5, 5.41) is 1.11. The Morgan fingerprint density at radius 3 is 2.48 bits per heavy atom. The summed E-state index contributed by atoms with van der Waals surface area (Å²) in [5.74, 6) is 0.540. The van der Waals surface area contributed by atoms with Crippen molar-refractivity contribution in [1.29, 1.82) is 0 Å². The third kappa shape index (κ3) is 4.40. The predicted octanol–water partition coefficient (Wildman–Crippen LogP) is 4.22. The van der Waals surface area contributed by atoms with Gasteiger partial charge in [-0.1, -0.05) is 35.7 Å². The van der Waals surface area contributed by atoms with Gasteiger partial charge in [0.2, 0.25) is 5.91 Å². The van der Waals surface area contributed by atoms with Crippen LogP contribution >= 0.6 is 23.2 Å². The molecule has 0 N–H and O–H groups in total. The molecule has 0 radical (unpaired) electrons. The number of rotatable bonds is 6. The molecule has 1 saturated heterocycles. The number of halogens is 2. The largest absolute Gasteiger partial charge is 0.337 e. The van der Waals surface area contributed by atoms with Gasteiger partial charge in [0.15, 0.2) is 0 Å². The van der Waals surface area contributed by atoms with Crippen molar-refractivity contribution in [3.05, 3.63) is 33.8 Å². The summed E-state index contributed by atoms with van der Waals surface area (Å²) in [5.41, 5.74) is 1.05. The second-order valence-corrected chi connectivity index (χ2v) is 7.50. The van der Waals surface area contributed by atoms with Gasteiger partial charge in [-0.3, -0.25) is 4.79 Å². The van der Waals surface area contributed by atoms with Crippen molar-refractivity contribution < 1.29 is 4.79 Å². The summed E-state index contributed by atoms with van der Waals surface area (Å²) in [4.78, 5) is 17.2. The smallest absolute Gasteiger partial charge is 0.226 e. The molecule has 0 spiro atoms. The van der Waals surface area contributed by atoms with E-state index in [0.717, 1.165) is 44.6 Å². The molecule has 1 aliphatic carbocycles. The van der Waals surface area contributed by atoms with Crippen molar-refractivity contribution in [3.8, 4) is 0 Å². The van der Waals surface area contributed by atoms with E-state index in [0.29, 0.717) is 22.5 Å². The Kier molecular flexibility index (Phi) is 5.84. The van der Waals surface area contributed by atoms with Gasteiger partial charge >= 0.3 is 0 Å². The highest BCUT2D eigenvalue weighted by molar-refractivity contribution is 6.42. The molecule has 1 aromatic rings. The SMILES string of the molecule is O=C(C1CCC1)N(CCN1CCCC1)Cc1ccc(Cl)c(Cl)c1. The molecule has 3 rings (SSSR count). The Morgan fingerprint density at radius 2 is 1.87 bits per heavy atom. The van der Waals surface area contributed by atoms with E-state index in [4.69, 9.17) is 23.2 Å². The zero-order valence-corrected chi connectivity index (χ0v) is 15.0. The third-order valence-electron chi connectivity index (χ3n) is 5.01. The van der Waals surface area contributed by atoms with E-state index in [1.54, 1.807) is 0 Å². The molecular weight excluding hydrogens is 331 g/mol. The normalized spacial score (nSPS) is 18.9. The Morgan fingerprint density at radius 1 is 1.13 bits per heavy atom. The van der Waals surface area contributed by atoms with Crippen LogP contribution in [0.15, 0.2) is 18.2 Å². The maximum atomic E-state index is 12.7. The topological polar surface area (TPSA) is 23.6 Å². The Labute approximate surface area is 148 Å². The highest BCUT2D eigenvalue weighted by Gasteiger charge is 2.29. The van der Waals surface area contributed by atoms with Gasteiger partial charge in [0.25, 0.3) is 0 Å². The van der Waals surface area contributed by atoms with Gasteiger partial charge in [0, 0.05) is 25.6 Å². The van der Waals surface area contributed by atoms with Gasteiger partial charge in [0.05, 0.1) is 10.0 Å². The summed E-state index contributed by atoms with van der Waals surface area (Å²) in [7, 11) is 0. The van der Waals surface area contributed by atoms with Crippen molar-refractivity contribution in [2.24, 2.45) is 5.92 Å². The van der Waals surface area contributed by atoms with E-state index in [1.165, 1.54) is 19.3 Å². The molecule has 5 heteroatoms. The minimum Gasteiger partial charge on any atom is -0.337 e. The third-order valence-corrected chi connectivity index (χ3v) is 5.75. The maximum absolute atomic E-state index is 12.7. The molecule has 1 aliphatic heterocycles. The summed E-state index contributed by atoms with van der Waals surface area (Å²) in [6, 6.07) is 5.65. The molecule has 2 aliphatic rings. The molecule has 3 nitrogen and oxygen atoms in total. The van der Waals surface area contributed by atoms with Crippen molar-refractivity contribution in [3.63, 3.8) is 0 Å². The zero-order valence-electron chi connectivity index (χ0n) is 13.4. The number of hydrogen-bond donors (Lipinski definition) is 0. The van der Waals surface area contributed by atoms with Crippen LogP contribution in [0.3, 0.4) is 0 Å². The number of amides is 1. The first kappa shape index (κ1) is 17.1. The predicted molar refractivity (Wildman–Crippen MR) is 94.9 cm³/mol. The summed E-state index contributed by atoms with van der Waals surface area (Å²) in [6.45, 7) is 4.73. The van der Waals surface area contributed by atoms with Crippen molar-refractivity contribution >= 4 is 29.1 Å². The Balaban J connectivity index is 1.65. The van der Waals surface area contributed by atoms with Crippen molar-refractivity contribution in [2.75, 3.05) is 26.2 Å². The van der Waals surface area contributed by atoms with Crippen LogP contribution in [0.4, 0.5) is 0 Å². The molecule has 1 heterocycles. The van der Waals surface area contributed by atoms with Crippen molar-refractivity contribution in [1.82, 2.24) is 9.80 Å². The monoisotopic (exact) mass is 354 g/mol. The molecule has 0 atom stereocenters. The van der Waals surface area contributed by atoms with Gasteiger partial charge in [-0.15, -0.1) is 0 Å². The van der Waals surface area contributed by atoms with Crippen LogP contribution in [0.1, 0.15) is 37.7 Å². The Bertz CT molecular complexity index is 554. The fourth-order valence-corrected chi connectivity index (χ4v) is 3.63. The highest BCUT2D eigenvalue weighted by Crippen LogP contribution is 2.29. The first-order valence-corrected chi connectivity index (χ1v) is 9.34. The zero-order chi connectivity index (χ0) is 16.2. The number of hydrogen-bond acceptors (Lipinski definition) is 2. The van der Waals surface area contributed by atoms with Crippen LogP contribution in [0, 0.1) is 5.92 Å².